The molecule has 0 saturated carbocycles. The molecule has 0 aliphatic carbocycles. The van der Waals surface area contributed by atoms with E-state index in [1.54, 1.807) is 6.20 Å². The summed E-state index contributed by atoms with van der Waals surface area (Å²) >= 11 is 3.53. The van der Waals surface area contributed by atoms with Gasteiger partial charge in [0.15, 0.2) is 0 Å². The summed E-state index contributed by atoms with van der Waals surface area (Å²) in [5.41, 5.74) is 3.20. The summed E-state index contributed by atoms with van der Waals surface area (Å²) in [6.45, 7) is 7.85. The van der Waals surface area contributed by atoms with Gasteiger partial charge in [-0.25, -0.2) is 4.98 Å². The van der Waals surface area contributed by atoms with Gasteiger partial charge in [0.05, 0.1) is 5.69 Å². The Kier molecular flexibility index (Phi) is 3.01. The summed E-state index contributed by atoms with van der Waals surface area (Å²) in [5, 5.41) is 3.14. The summed E-state index contributed by atoms with van der Waals surface area (Å²) in [6.07, 6.45) is 4.60. The SMILES string of the molecule is C=CNc1c(CC)nc2cc(C)c(Br)cn12. The van der Waals surface area contributed by atoms with Gasteiger partial charge in [0, 0.05) is 10.7 Å². The lowest BCUT2D eigenvalue weighted by Crippen LogP contribution is -1.96. The standard InChI is InChI=1S/C12H14BrN3/c1-4-10-12(14-5-2)16-7-9(13)8(3)6-11(16)15-10/h5-7,14H,2,4H2,1,3H3. The fourth-order valence-electron chi connectivity index (χ4n) is 1.70. The number of aromatic nitrogens is 2. The van der Waals surface area contributed by atoms with Crippen LogP contribution in [-0.2, 0) is 6.42 Å². The van der Waals surface area contributed by atoms with E-state index in [2.05, 4.69) is 52.7 Å². The number of aryl methyl sites for hydroxylation is 2. The molecule has 0 bridgehead atoms. The largest absolute Gasteiger partial charge is 0.347 e. The van der Waals surface area contributed by atoms with E-state index in [1.807, 2.05) is 10.6 Å². The quantitative estimate of drug-likeness (QED) is 0.932. The topological polar surface area (TPSA) is 29.3 Å². The number of anilines is 1. The first-order valence-electron chi connectivity index (χ1n) is 5.22. The van der Waals surface area contributed by atoms with Gasteiger partial charge in [-0.2, -0.15) is 0 Å². The van der Waals surface area contributed by atoms with E-state index in [4.69, 9.17) is 0 Å². The van der Waals surface area contributed by atoms with Gasteiger partial charge >= 0.3 is 0 Å². The van der Waals surface area contributed by atoms with Crippen LogP contribution < -0.4 is 5.32 Å². The highest BCUT2D eigenvalue weighted by atomic mass is 79.9. The monoisotopic (exact) mass is 279 g/mol. The highest BCUT2D eigenvalue weighted by Gasteiger charge is 2.10. The number of fused-ring (bicyclic) bond motifs is 1. The molecule has 0 aliphatic heterocycles. The highest BCUT2D eigenvalue weighted by molar-refractivity contribution is 9.10. The maximum atomic E-state index is 4.58. The summed E-state index contributed by atoms with van der Waals surface area (Å²) in [4.78, 5) is 4.58. The fourth-order valence-corrected chi connectivity index (χ4v) is 2.02. The van der Waals surface area contributed by atoms with Crippen LogP contribution in [0.4, 0.5) is 5.82 Å². The number of hydrogen-bond donors (Lipinski definition) is 1. The Morgan fingerprint density at radius 3 is 3.00 bits per heavy atom. The smallest absolute Gasteiger partial charge is 0.139 e. The second-order valence-electron chi connectivity index (χ2n) is 3.64. The Hall–Kier alpha value is -1.29. The van der Waals surface area contributed by atoms with Gasteiger partial charge in [-0.05, 0) is 47.1 Å². The molecule has 0 radical (unpaired) electrons. The summed E-state index contributed by atoms with van der Waals surface area (Å²) in [6, 6.07) is 2.07. The van der Waals surface area contributed by atoms with Crippen LogP contribution in [0.15, 0.2) is 29.5 Å². The Morgan fingerprint density at radius 1 is 1.62 bits per heavy atom. The van der Waals surface area contributed by atoms with E-state index in [0.29, 0.717) is 0 Å². The normalized spacial score (nSPS) is 10.7. The van der Waals surface area contributed by atoms with E-state index >= 15 is 0 Å². The first kappa shape index (κ1) is 11.2. The van der Waals surface area contributed by atoms with Crippen LogP contribution in [0.5, 0.6) is 0 Å². The van der Waals surface area contributed by atoms with E-state index in [9.17, 15) is 0 Å². The number of rotatable bonds is 3. The summed E-state index contributed by atoms with van der Waals surface area (Å²) in [7, 11) is 0. The molecule has 84 valence electrons. The third-order valence-corrected chi connectivity index (χ3v) is 3.38. The fraction of sp³-hybridized carbons (Fsp3) is 0.250. The van der Waals surface area contributed by atoms with Crippen molar-refractivity contribution < 1.29 is 0 Å². The number of halogens is 1. The Balaban J connectivity index is 2.73. The zero-order valence-corrected chi connectivity index (χ0v) is 11.0. The van der Waals surface area contributed by atoms with Crippen LogP contribution >= 0.6 is 15.9 Å². The van der Waals surface area contributed by atoms with E-state index in [0.717, 1.165) is 28.1 Å². The molecule has 2 rings (SSSR count). The summed E-state index contributed by atoms with van der Waals surface area (Å²) in [5.74, 6) is 0.994. The molecule has 0 aromatic carbocycles. The maximum Gasteiger partial charge on any atom is 0.139 e. The molecule has 0 unspecified atom stereocenters. The predicted octanol–water partition coefficient (Wildman–Crippen LogP) is 3.52. The molecular formula is C12H14BrN3. The lowest BCUT2D eigenvalue weighted by atomic mass is 10.3. The Morgan fingerprint density at radius 2 is 2.38 bits per heavy atom. The molecule has 1 N–H and O–H groups in total. The van der Waals surface area contributed by atoms with Gasteiger partial charge in [-0.1, -0.05) is 13.5 Å². The molecule has 2 aromatic heterocycles. The summed E-state index contributed by atoms with van der Waals surface area (Å²) < 4.78 is 3.12. The third kappa shape index (κ3) is 1.73. The third-order valence-electron chi connectivity index (χ3n) is 2.55. The molecule has 2 aromatic rings. The van der Waals surface area contributed by atoms with Crippen molar-refractivity contribution in [2.45, 2.75) is 20.3 Å². The van der Waals surface area contributed by atoms with Crippen LogP contribution in [0, 0.1) is 6.92 Å². The minimum atomic E-state index is 0.897. The minimum Gasteiger partial charge on any atom is -0.347 e. The molecule has 3 nitrogen and oxygen atoms in total. The zero-order chi connectivity index (χ0) is 11.7. The van der Waals surface area contributed by atoms with Crippen molar-refractivity contribution in [1.29, 1.82) is 0 Å². The molecule has 0 spiro atoms. The van der Waals surface area contributed by atoms with Crippen molar-refractivity contribution in [1.82, 2.24) is 9.38 Å². The zero-order valence-electron chi connectivity index (χ0n) is 9.42. The van der Waals surface area contributed by atoms with Crippen molar-refractivity contribution in [2.24, 2.45) is 0 Å². The molecular weight excluding hydrogens is 266 g/mol. The van der Waals surface area contributed by atoms with Crippen molar-refractivity contribution in [2.75, 3.05) is 5.32 Å². The number of nitrogens with zero attached hydrogens (tertiary/aromatic N) is 2. The second kappa shape index (κ2) is 4.29. The van der Waals surface area contributed by atoms with Gasteiger partial charge in [-0.3, -0.25) is 4.40 Å². The second-order valence-corrected chi connectivity index (χ2v) is 4.50. The van der Waals surface area contributed by atoms with Crippen LogP contribution in [-0.4, -0.2) is 9.38 Å². The highest BCUT2D eigenvalue weighted by Crippen LogP contribution is 2.24. The lowest BCUT2D eigenvalue weighted by Gasteiger charge is -2.04. The predicted molar refractivity (Wildman–Crippen MR) is 70.8 cm³/mol. The van der Waals surface area contributed by atoms with Crippen LogP contribution in [0.25, 0.3) is 5.65 Å². The average Bonchev–Trinajstić information content (AvgIpc) is 2.58. The number of nitrogens with one attached hydrogen (secondary N) is 1. The lowest BCUT2D eigenvalue weighted by molar-refractivity contribution is 1.07. The molecule has 0 aliphatic rings. The average molecular weight is 280 g/mol. The molecule has 0 fully saturated rings. The first-order chi connectivity index (χ1) is 7.67. The molecule has 0 atom stereocenters. The van der Waals surface area contributed by atoms with E-state index in [1.165, 1.54) is 5.56 Å². The molecule has 16 heavy (non-hydrogen) atoms. The minimum absolute atomic E-state index is 0.897. The molecule has 4 heteroatoms. The van der Waals surface area contributed by atoms with Crippen molar-refractivity contribution >= 4 is 27.4 Å². The van der Waals surface area contributed by atoms with Gasteiger partial charge in [0.25, 0.3) is 0 Å². The van der Waals surface area contributed by atoms with Crippen LogP contribution in [0.3, 0.4) is 0 Å². The number of hydrogen-bond acceptors (Lipinski definition) is 2. The Bertz CT molecular complexity index is 543. The van der Waals surface area contributed by atoms with Crippen LogP contribution in [0.2, 0.25) is 0 Å². The molecule has 0 amide bonds. The van der Waals surface area contributed by atoms with Gasteiger partial charge in [-0.15, -0.1) is 0 Å². The maximum absolute atomic E-state index is 4.58. The van der Waals surface area contributed by atoms with E-state index < -0.39 is 0 Å². The van der Waals surface area contributed by atoms with Gasteiger partial charge in [0.2, 0.25) is 0 Å². The molecule has 2 heterocycles. The van der Waals surface area contributed by atoms with Crippen molar-refractivity contribution in [3.63, 3.8) is 0 Å². The number of pyridine rings is 1. The van der Waals surface area contributed by atoms with Crippen molar-refractivity contribution in [3.8, 4) is 0 Å². The Labute approximate surface area is 103 Å². The van der Waals surface area contributed by atoms with Gasteiger partial charge < -0.3 is 5.32 Å². The number of imidazole rings is 1. The van der Waals surface area contributed by atoms with Crippen LogP contribution in [0.1, 0.15) is 18.2 Å². The molecule has 0 saturated heterocycles. The van der Waals surface area contributed by atoms with Gasteiger partial charge in [0.1, 0.15) is 11.5 Å². The van der Waals surface area contributed by atoms with E-state index in [-0.39, 0.29) is 0 Å². The first-order valence-corrected chi connectivity index (χ1v) is 6.01. The van der Waals surface area contributed by atoms with Crippen molar-refractivity contribution in [3.05, 3.63) is 40.8 Å².